The van der Waals surface area contributed by atoms with Gasteiger partial charge in [0, 0.05) is 5.56 Å². The molecular weight excluding hydrogens is 188 g/mol. The van der Waals surface area contributed by atoms with E-state index in [9.17, 15) is 5.21 Å². The van der Waals surface area contributed by atoms with Crippen LogP contribution in [0.25, 0.3) is 0 Å². The van der Waals surface area contributed by atoms with Crippen molar-refractivity contribution in [3.63, 3.8) is 0 Å². The first-order chi connectivity index (χ1) is 6.29. The predicted molar refractivity (Wildman–Crippen MR) is 51.3 cm³/mol. The summed E-state index contributed by atoms with van der Waals surface area (Å²) in [7, 11) is 0. The van der Waals surface area contributed by atoms with Crippen molar-refractivity contribution in [3.8, 4) is 0 Å². The number of hydrogen-bond acceptors (Lipinski definition) is 3. The minimum Gasteiger partial charge on any atom is -0.287 e. The molecule has 68 valence electrons. The smallest absolute Gasteiger partial charge is 0.156 e. The molecule has 1 aliphatic heterocycles. The van der Waals surface area contributed by atoms with E-state index >= 15 is 0 Å². The maximum atomic E-state index is 9.41. The van der Waals surface area contributed by atoms with Crippen molar-refractivity contribution in [2.24, 2.45) is 4.99 Å². The summed E-state index contributed by atoms with van der Waals surface area (Å²) < 4.78 is 0. The molecular formula is C9H9ClN2O. The topological polar surface area (TPSA) is 35.8 Å². The molecule has 4 heteroatoms. The van der Waals surface area contributed by atoms with Gasteiger partial charge in [-0.1, -0.05) is 23.7 Å². The first kappa shape index (κ1) is 8.53. The van der Waals surface area contributed by atoms with Crippen molar-refractivity contribution in [2.45, 2.75) is 0 Å². The number of halogens is 1. The number of benzene rings is 1. The molecule has 0 atom stereocenters. The van der Waals surface area contributed by atoms with Gasteiger partial charge in [0.15, 0.2) is 5.84 Å². The van der Waals surface area contributed by atoms with Gasteiger partial charge in [-0.05, 0) is 12.1 Å². The second-order valence-electron chi connectivity index (χ2n) is 2.81. The van der Waals surface area contributed by atoms with Crippen molar-refractivity contribution < 1.29 is 5.21 Å². The maximum absolute atomic E-state index is 9.41. The van der Waals surface area contributed by atoms with Crippen LogP contribution in [0.4, 0.5) is 0 Å². The number of rotatable bonds is 1. The van der Waals surface area contributed by atoms with Gasteiger partial charge in [-0.15, -0.1) is 0 Å². The van der Waals surface area contributed by atoms with Crippen LogP contribution in [0, 0.1) is 0 Å². The molecule has 0 fully saturated rings. The average molecular weight is 197 g/mol. The summed E-state index contributed by atoms with van der Waals surface area (Å²) in [5.41, 5.74) is 0.782. The van der Waals surface area contributed by atoms with Crippen LogP contribution < -0.4 is 0 Å². The molecule has 1 heterocycles. The van der Waals surface area contributed by atoms with E-state index in [-0.39, 0.29) is 0 Å². The Morgan fingerprint density at radius 3 is 2.77 bits per heavy atom. The van der Waals surface area contributed by atoms with Crippen LogP contribution in [-0.2, 0) is 0 Å². The first-order valence-corrected chi connectivity index (χ1v) is 4.42. The second-order valence-corrected chi connectivity index (χ2v) is 3.22. The molecule has 0 aromatic heterocycles. The van der Waals surface area contributed by atoms with E-state index in [1.165, 1.54) is 0 Å². The summed E-state index contributed by atoms with van der Waals surface area (Å²) in [5, 5.41) is 11.2. The third-order valence-electron chi connectivity index (χ3n) is 1.93. The molecule has 13 heavy (non-hydrogen) atoms. The van der Waals surface area contributed by atoms with E-state index in [1.807, 2.05) is 18.2 Å². The zero-order valence-electron chi connectivity index (χ0n) is 6.94. The van der Waals surface area contributed by atoms with Gasteiger partial charge in [-0.2, -0.15) is 0 Å². The lowest BCUT2D eigenvalue weighted by Crippen LogP contribution is -2.24. The molecule has 0 saturated carbocycles. The Kier molecular flexibility index (Phi) is 2.20. The first-order valence-electron chi connectivity index (χ1n) is 4.05. The fraction of sp³-hybridized carbons (Fsp3) is 0.222. The lowest BCUT2D eigenvalue weighted by Gasteiger charge is -2.12. The molecule has 3 nitrogen and oxygen atoms in total. The molecule has 0 amide bonds. The molecule has 0 bridgehead atoms. The van der Waals surface area contributed by atoms with Gasteiger partial charge >= 0.3 is 0 Å². The molecule has 0 spiro atoms. The Balaban J connectivity index is 2.40. The van der Waals surface area contributed by atoms with Gasteiger partial charge in [-0.25, -0.2) is 5.06 Å². The highest BCUT2D eigenvalue weighted by molar-refractivity contribution is 6.34. The summed E-state index contributed by atoms with van der Waals surface area (Å²) in [4.78, 5) is 4.16. The number of hydrogen-bond donors (Lipinski definition) is 1. The molecule has 0 aliphatic carbocycles. The van der Waals surface area contributed by atoms with Crippen LogP contribution in [0.2, 0.25) is 5.02 Å². The molecule has 1 aliphatic rings. The predicted octanol–water partition coefficient (Wildman–Crippen LogP) is 1.79. The Morgan fingerprint density at radius 1 is 1.38 bits per heavy atom. The number of aliphatic imine (C=N–C) groups is 1. The highest BCUT2D eigenvalue weighted by atomic mass is 35.5. The van der Waals surface area contributed by atoms with Gasteiger partial charge in [0.2, 0.25) is 0 Å². The lowest BCUT2D eigenvalue weighted by atomic mass is 10.2. The van der Waals surface area contributed by atoms with Gasteiger partial charge in [0.25, 0.3) is 0 Å². The Bertz CT molecular complexity index is 351. The zero-order chi connectivity index (χ0) is 9.26. The van der Waals surface area contributed by atoms with E-state index < -0.39 is 0 Å². The third-order valence-corrected chi connectivity index (χ3v) is 2.26. The van der Waals surface area contributed by atoms with E-state index in [1.54, 1.807) is 6.07 Å². The van der Waals surface area contributed by atoms with Crippen molar-refractivity contribution in [1.29, 1.82) is 0 Å². The van der Waals surface area contributed by atoms with Gasteiger partial charge in [0.1, 0.15) is 0 Å². The highest BCUT2D eigenvalue weighted by Crippen LogP contribution is 2.18. The van der Waals surface area contributed by atoms with E-state index in [0.29, 0.717) is 23.9 Å². The van der Waals surface area contributed by atoms with Gasteiger partial charge in [-0.3, -0.25) is 10.2 Å². The monoisotopic (exact) mass is 196 g/mol. The van der Waals surface area contributed by atoms with Crippen LogP contribution >= 0.6 is 11.6 Å². The fourth-order valence-corrected chi connectivity index (χ4v) is 1.53. The van der Waals surface area contributed by atoms with E-state index in [4.69, 9.17) is 11.6 Å². The zero-order valence-corrected chi connectivity index (χ0v) is 7.70. The summed E-state index contributed by atoms with van der Waals surface area (Å²) in [6.07, 6.45) is 0. The average Bonchev–Trinajstić information content (AvgIpc) is 2.52. The van der Waals surface area contributed by atoms with Gasteiger partial charge in [0.05, 0.1) is 18.1 Å². The Morgan fingerprint density at radius 2 is 2.15 bits per heavy atom. The number of amidine groups is 1. The molecule has 0 radical (unpaired) electrons. The molecule has 1 aromatic carbocycles. The van der Waals surface area contributed by atoms with Gasteiger partial charge < -0.3 is 0 Å². The molecule has 1 aromatic rings. The van der Waals surface area contributed by atoms with E-state index in [0.717, 1.165) is 10.6 Å². The standard InChI is InChI=1S/C9H9ClN2O/c10-8-4-2-1-3-7(8)9-11-5-6-12(9)13/h1-4,13H,5-6H2. The van der Waals surface area contributed by atoms with Crippen LogP contribution in [0.5, 0.6) is 0 Å². The minimum atomic E-state index is 0.542. The van der Waals surface area contributed by atoms with E-state index in [2.05, 4.69) is 4.99 Å². The minimum absolute atomic E-state index is 0.542. The van der Waals surface area contributed by atoms with Crippen LogP contribution in [-0.4, -0.2) is 29.2 Å². The van der Waals surface area contributed by atoms with Crippen molar-refractivity contribution in [2.75, 3.05) is 13.1 Å². The van der Waals surface area contributed by atoms with Crippen molar-refractivity contribution >= 4 is 17.4 Å². The number of nitrogens with zero attached hydrogens (tertiary/aromatic N) is 2. The summed E-state index contributed by atoms with van der Waals surface area (Å²) in [6, 6.07) is 7.35. The molecule has 1 N–H and O–H groups in total. The quantitative estimate of drug-likeness (QED) is 0.744. The summed E-state index contributed by atoms with van der Waals surface area (Å²) in [5.74, 6) is 0.561. The van der Waals surface area contributed by atoms with Crippen molar-refractivity contribution in [1.82, 2.24) is 5.06 Å². The van der Waals surface area contributed by atoms with Crippen molar-refractivity contribution in [3.05, 3.63) is 34.9 Å². The largest absolute Gasteiger partial charge is 0.287 e. The molecule has 0 unspecified atom stereocenters. The summed E-state index contributed by atoms with van der Waals surface area (Å²) in [6.45, 7) is 1.16. The second kappa shape index (κ2) is 3.36. The fourth-order valence-electron chi connectivity index (χ4n) is 1.30. The maximum Gasteiger partial charge on any atom is 0.156 e. The number of hydroxylamine groups is 2. The van der Waals surface area contributed by atoms with Crippen LogP contribution in [0.3, 0.4) is 0 Å². The SMILES string of the molecule is ON1CCN=C1c1ccccc1Cl. The molecule has 2 rings (SSSR count). The third kappa shape index (κ3) is 1.53. The Labute approximate surface area is 81.2 Å². The van der Waals surface area contributed by atoms with Crippen LogP contribution in [0.1, 0.15) is 5.56 Å². The lowest BCUT2D eigenvalue weighted by molar-refractivity contribution is -0.00196. The Hall–Kier alpha value is -1.06. The normalized spacial score (nSPS) is 16.2. The molecule has 0 saturated heterocycles. The summed E-state index contributed by atoms with van der Waals surface area (Å²) >= 11 is 5.95. The van der Waals surface area contributed by atoms with Crippen LogP contribution in [0.15, 0.2) is 29.3 Å². The highest BCUT2D eigenvalue weighted by Gasteiger charge is 2.18.